The number of para-hydroxylation sites is 1. The van der Waals surface area contributed by atoms with Crippen LogP contribution < -0.4 is 15.4 Å². The van der Waals surface area contributed by atoms with Crippen molar-refractivity contribution in [1.82, 2.24) is 0 Å². The molecule has 2 N–H and O–H groups in total. The fraction of sp³-hybridized carbons (Fsp3) is 0.350. The molecular formula is C20H26N2O2. The number of anilines is 2. The average molecular weight is 326 g/mol. The third-order valence-corrected chi connectivity index (χ3v) is 4.23. The van der Waals surface area contributed by atoms with Crippen molar-refractivity contribution in [1.29, 1.82) is 0 Å². The summed E-state index contributed by atoms with van der Waals surface area (Å²) in [6.45, 7) is 6.17. The molecule has 2 rings (SSSR count). The molecule has 2 aromatic carbocycles. The number of methoxy groups -OCH3 is 1. The molecule has 0 saturated heterocycles. The molecule has 0 saturated carbocycles. The number of rotatable bonds is 7. The summed E-state index contributed by atoms with van der Waals surface area (Å²) in [6, 6.07) is 15.2. The van der Waals surface area contributed by atoms with E-state index in [1.807, 2.05) is 49.4 Å². The molecule has 0 bridgehead atoms. The second-order valence-electron chi connectivity index (χ2n) is 5.98. The molecular weight excluding hydrogens is 300 g/mol. The highest BCUT2D eigenvalue weighted by atomic mass is 16.5. The summed E-state index contributed by atoms with van der Waals surface area (Å²) in [4.78, 5) is 12.5. The summed E-state index contributed by atoms with van der Waals surface area (Å²) in [5.41, 5.74) is 2.94. The zero-order valence-electron chi connectivity index (χ0n) is 14.8. The SMILES string of the molecule is CC[C@H](C)c1ccccc1NC(=O)[C@H](C)Nc1ccc(OC)cc1. The molecule has 0 aliphatic rings. The molecule has 1 amide bonds. The van der Waals surface area contributed by atoms with Gasteiger partial charge in [-0.25, -0.2) is 0 Å². The monoisotopic (exact) mass is 326 g/mol. The van der Waals surface area contributed by atoms with Crippen molar-refractivity contribution in [3.63, 3.8) is 0 Å². The molecule has 0 unspecified atom stereocenters. The number of carbonyl (C=O) groups excluding carboxylic acids is 1. The third kappa shape index (κ3) is 4.51. The molecule has 2 aromatic rings. The quantitative estimate of drug-likeness (QED) is 0.779. The van der Waals surface area contributed by atoms with E-state index in [0.717, 1.165) is 23.5 Å². The van der Waals surface area contributed by atoms with Crippen LogP contribution in [0, 0.1) is 0 Å². The highest BCUT2D eigenvalue weighted by Gasteiger charge is 2.16. The van der Waals surface area contributed by atoms with Crippen LogP contribution in [0.2, 0.25) is 0 Å². The number of amides is 1. The molecule has 4 nitrogen and oxygen atoms in total. The van der Waals surface area contributed by atoms with E-state index < -0.39 is 0 Å². The highest BCUT2D eigenvalue weighted by molar-refractivity contribution is 5.96. The van der Waals surface area contributed by atoms with Gasteiger partial charge in [-0.05, 0) is 55.2 Å². The second kappa shape index (κ2) is 8.39. The van der Waals surface area contributed by atoms with E-state index in [1.54, 1.807) is 7.11 Å². The van der Waals surface area contributed by atoms with Crippen LogP contribution in [0.25, 0.3) is 0 Å². The van der Waals surface area contributed by atoms with Crippen LogP contribution >= 0.6 is 0 Å². The van der Waals surface area contributed by atoms with Gasteiger partial charge in [0.2, 0.25) is 5.91 Å². The van der Waals surface area contributed by atoms with Gasteiger partial charge in [0.15, 0.2) is 0 Å². The van der Waals surface area contributed by atoms with Crippen molar-refractivity contribution in [2.24, 2.45) is 0 Å². The third-order valence-electron chi connectivity index (χ3n) is 4.23. The van der Waals surface area contributed by atoms with Crippen molar-refractivity contribution >= 4 is 17.3 Å². The Morgan fingerprint density at radius 1 is 1.08 bits per heavy atom. The normalized spacial score (nSPS) is 13.0. The molecule has 2 atom stereocenters. The first-order valence-electron chi connectivity index (χ1n) is 8.35. The Hall–Kier alpha value is -2.49. The number of hydrogen-bond acceptors (Lipinski definition) is 3. The lowest BCUT2D eigenvalue weighted by atomic mass is 9.97. The van der Waals surface area contributed by atoms with Crippen LogP contribution in [-0.4, -0.2) is 19.1 Å². The van der Waals surface area contributed by atoms with Gasteiger partial charge >= 0.3 is 0 Å². The maximum atomic E-state index is 12.5. The Morgan fingerprint density at radius 3 is 2.38 bits per heavy atom. The largest absolute Gasteiger partial charge is 0.497 e. The Kier molecular flexibility index (Phi) is 6.24. The predicted octanol–water partition coefficient (Wildman–Crippen LogP) is 4.65. The zero-order valence-corrected chi connectivity index (χ0v) is 14.8. The Morgan fingerprint density at radius 2 is 1.75 bits per heavy atom. The fourth-order valence-electron chi connectivity index (χ4n) is 2.50. The van der Waals surface area contributed by atoms with Gasteiger partial charge in [0.1, 0.15) is 11.8 Å². The van der Waals surface area contributed by atoms with Crippen LogP contribution in [0.4, 0.5) is 11.4 Å². The topological polar surface area (TPSA) is 50.4 Å². The summed E-state index contributed by atoms with van der Waals surface area (Å²) in [6.07, 6.45) is 1.03. The summed E-state index contributed by atoms with van der Waals surface area (Å²) >= 11 is 0. The van der Waals surface area contributed by atoms with E-state index in [0.29, 0.717) is 5.92 Å². The van der Waals surface area contributed by atoms with Crippen LogP contribution in [0.3, 0.4) is 0 Å². The van der Waals surface area contributed by atoms with Crippen LogP contribution in [-0.2, 0) is 4.79 Å². The van der Waals surface area contributed by atoms with E-state index in [9.17, 15) is 4.79 Å². The van der Waals surface area contributed by atoms with Crippen molar-refractivity contribution in [2.45, 2.75) is 39.2 Å². The lowest BCUT2D eigenvalue weighted by Gasteiger charge is -2.19. The minimum Gasteiger partial charge on any atom is -0.497 e. The zero-order chi connectivity index (χ0) is 17.5. The molecule has 0 spiro atoms. The minimum absolute atomic E-state index is 0.0541. The van der Waals surface area contributed by atoms with Crippen LogP contribution in [0.5, 0.6) is 5.75 Å². The lowest BCUT2D eigenvalue weighted by Crippen LogP contribution is -2.32. The van der Waals surface area contributed by atoms with E-state index in [-0.39, 0.29) is 11.9 Å². The molecule has 24 heavy (non-hydrogen) atoms. The molecule has 0 heterocycles. The summed E-state index contributed by atoms with van der Waals surface area (Å²) < 4.78 is 5.14. The van der Waals surface area contributed by atoms with Crippen molar-refractivity contribution in [2.75, 3.05) is 17.7 Å². The van der Waals surface area contributed by atoms with E-state index in [1.165, 1.54) is 5.56 Å². The van der Waals surface area contributed by atoms with Gasteiger partial charge in [-0.1, -0.05) is 32.0 Å². The second-order valence-corrected chi connectivity index (χ2v) is 5.98. The Bertz CT molecular complexity index is 668. The Labute approximate surface area is 144 Å². The first-order chi connectivity index (χ1) is 11.5. The van der Waals surface area contributed by atoms with Gasteiger partial charge in [-0.3, -0.25) is 4.79 Å². The fourth-order valence-corrected chi connectivity index (χ4v) is 2.50. The number of nitrogens with one attached hydrogen (secondary N) is 2. The van der Waals surface area contributed by atoms with E-state index >= 15 is 0 Å². The van der Waals surface area contributed by atoms with E-state index in [4.69, 9.17) is 4.74 Å². The predicted molar refractivity (Wildman–Crippen MR) is 99.9 cm³/mol. The number of ether oxygens (including phenoxy) is 1. The van der Waals surface area contributed by atoms with E-state index in [2.05, 4.69) is 30.5 Å². The van der Waals surface area contributed by atoms with Crippen molar-refractivity contribution in [3.05, 3.63) is 54.1 Å². The van der Waals surface area contributed by atoms with Crippen molar-refractivity contribution < 1.29 is 9.53 Å². The standard InChI is InChI=1S/C20H26N2O2/c1-5-14(2)18-8-6-7-9-19(18)22-20(23)15(3)21-16-10-12-17(24-4)13-11-16/h6-15,21H,5H2,1-4H3,(H,22,23)/t14-,15-/m0/s1. The number of benzene rings is 2. The molecule has 0 radical (unpaired) electrons. The molecule has 4 heteroatoms. The van der Waals surface area contributed by atoms with Gasteiger partial charge in [-0.2, -0.15) is 0 Å². The van der Waals surface area contributed by atoms with Gasteiger partial charge < -0.3 is 15.4 Å². The minimum atomic E-state index is -0.344. The lowest BCUT2D eigenvalue weighted by molar-refractivity contribution is -0.116. The smallest absolute Gasteiger partial charge is 0.246 e. The highest BCUT2D eigenvalue weighted by Crippen LogP contribution is 2.26. The molecule has 128 valence electrons. The Balaban J connectivity index is 2.03. The maximum absolute atomic E-state index is 12.5. The number of hydrogen-bond donors (Lipinski definition) is 2. The first-order valence-corrected chi connectivity index (χ1v) is 8.35. The molecule has 0 aliphatic carbocycles. The molecule has 0 fully saturated rings. The van der Waals surface area contributed by atoms with Crippen LogP contribution in [0.1, 0.15) is 38.7 Å². The average Bonchev–Trinajstić information content (AvgIpc) is 2.62. The van der Waals surface area contributed by atoms with Gasteiger partial charge in [0.05, 0.1) is 7.11 Å². The molecule has 0 aromatic heterocycles. The van der Waals surface area contributed by atoms with Gasteiger partial charge in [0, 0.05) is 11.4 Å². The molecule has 0 aliphatic heterocycles. The maximum Gasteiger partial charge on any atom is 0.246 e. The number of carbonyl (C=O) groups is 1. The van der Waals surface area contributed by atoms with Gasteiger partial charge in [-0.15, -0.1) is 0 Å². The van der Waals surface area contributed by atoms with Crippen molar-refractivity contribution in [3.8, 4) is 5.75 Å². The summed E-state index contributed by atoms with van der Waals surface area (Å²) in [7, 11) is 1.63. The first kappa shape index (κ1) is 17.9. The summed E-state index contributed by atoms with van der Waals surface area (Å²) in [5.74, 6) is 1.15. The van der Waals surface area contributed by atoms with Crippen LogP contribution in [0.15, 0.2) is 48.5 Å². The summed E-state index contributed by atoms with van der Waals surface area (Å²) in [5, 5.41) is 6.25. The van der Waals surface area contributed by atoms with Gasteiger partial charge in [0.25, 0.3) is 0 Å².